The van der Waals surface area contributed by atoms with Crippen LogP contribution in [0.4, 0.5) is 0 Å². The van der Waals surface area contributed by atoms with Crippen molar-refractivity contribution in [1.29, 1.82) is 0 Å². The van der Waals surface area contributed by atoms with Crippen LogP contribution in [0.15, 0.2) is 0 Å². The molecule has 0 saturated carbocycles. The molecule has 300 valence electrons. The van der Waals surface area contributed by atoms with Gasteiger partial charge in [0.1, 0.15) is 6.10 Å². The van der Waals surface area contributed by atoms with Crippen LogP contribution in [-0.4, -0.2) is 37.2 Å². The summed E-state index contributed by atoms with van der Waals surface area (Å²) in [6, 6.07) is 0. The number of hydrogen-bond donors (Lipinski definition) is 1. The number of nitrogens with one attached hydrogen (secondary N) is 1. The van der Waals surface area contributed by atoms with E-state index in [4.69, 9.17) is 9.47 Å². The zero-order chi connectivity index (χ0) is 37.2. The van der Waals surface area contributed by atoms with Crippen LogP contribution >= 0.6 is 0 Å². The minimum absolute atomic E-state index is 0.00298. The van der Waals surface area contributed by atoms with E-state index in [2.05, 4.69) is 33.0 Å². The topological polar surface area (TPSA) is 64.6 Å². The summed E-state index contributed by atoms with van der Waals surface area (Å²) in [6.07, 6.45) is 40.6. The van der Waals surface area contributed by atoms with Crippen LogP contribution in [0.1, 0.15) is 253 Å². The highest BCUT2D eigenvalue weighted by atomic mass is 16.5. The van der Waals surface area contributed by atoms with Crippen molar-refractivity contribution in [2.24, 2.45) is 0 Å². The first-order valence-electron chi connectivity index (χ1n) is 22.5. The molecule has 1 N–H and O–H groups in total. The quantitative estimate of drug-likeness (QED) is 0.0511. The Bertz CT molecular complexity index is 653. The minimum atomic E-state index is -0.0260. The third kappa shape index (κ3) is 43.1. The molecule has 0 radical (unpaired) electrons. The maximum absolute atomic E-state index is 11.9. The van der Waals surface area contributed by atoms with E-state index in [-0.39, 0.29) is 24.1 Å². The lowest BCUT2D eigenvalue weighted by atomic mass is 10.0. The van der Waals surface area contributed by atoms with Crippen molar-refractivity contribution in [3.8, 4) is 0 Å². The Balaban J connectivity index is 0. The van der Waals surface area contributed by atoms with E-state index < -0.39 is 0 Å². The first-order valence-corrected chi connectivity index (χ1v) is 22.5. The Morgan fingerprint density at radius 3 is 1.20 bits per heavy atom. The maximum Gasteiger partial charge on any atom is 0.306 e. The lowest BCUT2D eigenvalue weighted by Gasteiger charge is -2.17. The molecule has 0 heterocycles. The first-order chi connectivity index (χ1) is 24.4. The molecule has 1 unspecified atom stereocenters. The van der Waals surface area contributed by atoms with Crippen LogP contribution < -0.4 is 5.32 Å². The van der Waals surface area contributed by atoms with Gasteiger partial charge in [-0.2, -0.15) is 0 Å². The molecule has 5 nitrogen and oxygen atoms in total. The van der Waals surface area contributed by atoms with Gasteiger partial charge < -0.3 is 14.8 Å². The van der Waals surface area contributed by atoms with Gasteiger partial charge >= 0.3 is 11.9 Å². The third-order valence-electron chi connectivity index (χ3n) is 9.83. The van der Waals surface area contributed by atoms with Crippen molar-refractivity contribution < 1.29 is 19.1 Å². The monoisotopic (exact) mass is 710 g/mol. The average molecular weight is 710 g/mol. The molecule has 0 aliphatic rings. The molecule has 0 fully saturated rings. The summed E-state index contributed by atoms with van der Waals surface area (Å²) in [5.74, 6) is -0.0230. The maximum atomic E-state index is 11.9. The number of esters is 2. The molecule has 50 heavy (non-hydrogen) atoms. The van der Waals surface area contributed by atoms with E-state index in [1.807, 2.05) is 13.8 Å². The van der Waals surface area contributed by atoms with Crippen molar-refractivity contribution in [2.45, 2.75) is 266 Å². The van der Waals surface area contributed by atoms with E-state index >= 15 is 0 Å². The lowest BCUT2D eigenvalue weighted by molar-refractivity contribution is -0.150. The Labute approximate surface area is 314 Å². The van der Waals surface area contributed by atoms with Gasteiger partial charge in [0.05, 0.1) is 6.10 Å². The molecule has 0 aliphatic heterocycles. The van der Waals surface area contributed by atoms with Crippen molar-refractivity contribution >= 4 is 11.9 Å². The highest BCUT2D eigenvalue weighted by Gasteiger charge is 2.13. The standard InChI is InChI=1S/C25H51NO2.C20H40O2/c1-4-6-8-10-12-16-20-24(3)28-25(27)21-17-13-11-15-19-23-26-22-18-14-9-7-5-2;1-4-7-9-11-13-15-17-19(22-20(21)6-3)18-16-14-12-10-8-5-2/h24,26H,4-23H2,1-3H3;19H,4-18H2,1-3H3. The van der Waals surface area contributed by atoms with E-state index in [1.54, 1.807) is 0 Å². The second-order valence-electron chi connectivity index (χ2n) is 15.1. The fraction of sp³-hybridized carbons (Fsp3) is 0.956. The van der Waals surface area contributed by atoms with Gasteiger partial charge in [0.15, 0.2) is 0 Å². The summed E-state index contributed by atoms with van der Waals surface area (Å²) in [5, 5.41) is 3.55. The molecule has 0 spiro atoms. The molecule has 0 aromatic carbocycles. The number of ether oxygens (including phenoxy) is 2. The molecular formula is C45H91NO4. The second-order valence-corrected chi connectivity index (χ2v) is 15.1. The molecule has 0 aliphatic carbocycles. The van der Waals surface area contributed by atoms with Gasteiger partial charge in [-0.3, -0.25) is 9.59 Å². The number of unbranched alkanes of at least 4 members (excludes halogenated alkanes) is 23. The van der Waals surface area contributed by atoms with Crippen LogP contribution in [0.3, 0.4) is 0 Å². The molecule has 0 aromatic rings. The summed E-state index contributed by atoms with van der Waals surface area (Å²) in [5.41, 5.74) is 0. The van der Waals surface area contributed by atoms with Crippen LogP contribution in [-0.2, 0) is 19.1 Å². The summed E-state index contributed by atoms with van der Waals surface area (Å²) < 4.78 is 11.2. The van der Waals surface area contributed by atoms with Gasteiger partial charge in [-0.05, 0) is 77.8 Å². The van der Waals surface area contributed by atoms with Gasteiger partial charge in [-0.15, -0.1) is 0 Å². The van der Waals surface area contributed by atoms with Gasteiger partial charge in [-0.1, -0.05) is 176 Å². The van der Waals surface area contributed by atoms with Crippen molar-refractivity contribution in [2.75, 3.05) is 13.1 Å². The van der Waals surface area contributed by atoms with Gasteiger partial charge in [0.2, 0.25) is 0 Å². The van der Waals surface area contributed by atoms with E-state index in [0.29, 0.717) is 12.8 Å². The van der Waals surface area contributed by atoms with Gasteiger partial charge in [0.25, 0.3) is 0 Å². The van der Waals surface area contributed by atoms with Crippen LogP contribution in [0, 0.1) is 0 Å². The van der Waals surface area contributed by atoms with Crippen LogP contribution in [0.2, 0.25) is 0 Å². The average Bonchev–Trinajstić information content (AvgIpc) is 3.11. The molecule has 5 heteroatoms. The zero-order valence-electron chi connectivity index (χ0n) is 35.0. The van der Waals surface area contributed by atoms with Gasteiger partial charge in [-0.25, -0.2) is 0 Å². The highest BCUT2D eigenvalue weighted by molar-refractivity contribution is 5.69. The number of hydrogen-bond acceptors (Lipinski definition) is 5. The fourth-order valence-corrected chi connectivity index (χ4v) is 6.42. The minimum Gasteiger partial charge on any atom is -0.463 e. The van der Waals surface area contributed by atoms with Crippen molar-refractivity contribution in [3.63, 3.8) is 0 Å². The molecule has 0 aromatic heterocycles. The lowest BCUT2D eigenvalue weighted by Crippen LogP contribution is -2.17. The number of carbonyl (C=O) groups excluding carboxylic acids is 2. The molecule has 0 rings (SSSR count). The molecule has 1 atom stereocenters. The molecular weight excluding hydrogens is 618 g/mol. The predicted octanol–water partition coefficient (Wildman–Crippen LogP) is 14.4. The number of carbonyl (C=O) groups is 2. The molecule has 0 amide bonds. The normalized spacial score (nSPS) is 11.7. The Morgan fingerprint density at radius 1 is 0.420 bits per heavy atom. The summed E-state index contributed by atoms with van der Waals surface area (Å²) in [6.45, 7) is 15.3. The van der Waals surface area contributed by atoms with Gasteiger partial charge in [0, 0.05) is 12.8 Å². The zero-order valence-corrected chi connectivity index (χ0v) is 35.0. The van der Waals surface area contributed by atoms with Crippen molar-refractivity contribution in [1.82, 2.24) is 5.32 Å². The largest absolute Gasteiger partial charge is 0.463 e. The first kappa shape index (κ1) is 51.0. The van der Waals surface area contributed by atoms with Crippen molar-refractivity contribution in [3.05, 3.63) is 0 Å². The summed E-state index contributed by atoms with van der Waals surface area (Å²) in [7, 11) is 0. The third-order valence-corrected chi connectivity index (χ3v) is 9.83. The second kappa shape index (κ2) is 44.1. The Hall–Kier alpha value is -1.10. The highest BCUT2D eigenvalue weighted by Crippen LogP contribution is 2.17. The summed E-state index contributed by atoms with van der Waals surface area (Å²) in [4.78, 5) is 23.4. The number of rotatable bonds is 38. The smallest absolute Gasteiger partial charge is 0.306 e. The van der Waals surface area contributed by atoms with E-state index in [0.717, 1.165) is 38.6 Å². The van der Waals surface area contributed by atoms with E-state index in [1.165, 1.54) is 173 Å². The molecule has 0 bridgehead atoms. The Morgan fingerprint density at radius 2 is 0.780 bits per heavy atom. The van der Waals surface area contributed by atoms with Crippen LogP contribution in [0.25, 0.3) is 0 Å². The van der Waals surface area contributed by atoms with E-state index in [9.17, 15) is 9.59 Å². The Kier molecular flexibility index (Phi) is 44.9. The fourth-order valence-electron chi connectivity index (χ4n) is 6.42. The summed E-state index contributed by atoms with van der Waals surface area (Å²) >= 11 is 0. The molecule has 0 saturated heterocycles. The van der Waals surface area contributed by atoms with Crippen LogP contribution in [0.5, 0.6) is 0 Å². The SMILES string of the molecule is CCCCCCCCC(C)OC(=O)CCCCCCCNCCCCCCC.CCCCCCCCC(CCCCCCCC)OC(=O)CC. The predicted molar refractivity (Wildman–Crippen MR) is 219 cm³/mol.